The number of hydrazine groups is 1. The van der Waals surface area contributed by atoms with Crippen LogP contribution in [0.5, 0.6) is 11.5 Å². The van der Waals surface area contributed by atoms with Gasteiger partial charge in [-0.15, -0.1) is 0 Å². The number of benzene rings is 2. The van der Waals surface area contributed by atoms with Crippen LogP contribution in [0, 0.1) is 0 Å². The largest absolute Gasteiger partial charge is 0.490 e. The second kappa shape index (κ2) is 10.8. The number of morpholine rings is 1. The summed E-state index contributed by atoms with van der Waals surface area (Å²) in [6.07, 6.45) is 0. The van der Waals surface area contributed by atoms with Gasteiger partial charge in [-0.2, -0.15) is 0 Å². The lowest BCUT2D eigenvalue weighted by atomic mass is 10.2. The summed E-state index contributed by atoms with van der Waals surface area (Å²) >= 11 is 0. The van der Waals surface area contributed by atoms with E-state index in [1.807, 2.05) is 49.4 Å². The molecule has 3 rings (SSSR count). The Bertz CT molecular complexity index is 676. The molecule has 1 fully saturated rings. The molecule has 146 valence electrons. The predicted octanol–water partition coefficient (Wildman–Crippen LogP) is 2.91. The van der Waals surface area contributed by atoms with Crippen LogP contribution >= 0.6 is 0 Å². The maximum absolute atomic E-state index is 5.98. The van der Waals surface area contributed by atoms with E-state index in [1.54, 1.807) is 0 Å². The van der Waals surface area contributed by atoms with Crippen LogP contribution in [0.3, 0.4) is 0 Å². The summed E-state index contributed by atoms with van der Waals surface area (Å²) in [5, 5.41) is 0. The van der Waals surface area contributed by atoms with Gasteiger partial charge in [-0.3, -0.25) is 4.90 Å². The minimum Gasteiger partial charge on any atom is -0.490 e. The predicted molar refractivity (Wildman–Crippen MR) is 107 cm³/mol. The summed E-state index contributed by atoms with van der Waals surface area (Å²) in [7, 11) is 0. The Labute approximate surface area is 161 Å². The first-order valence-corrected chi connectivity index (χ1v) is 9.57. The Hall–Kier alpha value is -2.28. The molecule has 0 spiro atoms. The van der Waals surface area contributed by atoms with Gasteiger partial charge in [-0.25, -0.2) is 5.43 Å². The first-order chi connectivity index (χ1) is 13.3. The highest BCUT2D eigenvalue weighted by Gasteiger charge is 2.11. The Kier molecular flexibility index (Phi) is 7.77. The molecule has 0 radical (unpaired) electrons. The lowest BCUT2D eigenvalue weighted by Gasteiger charge is -2.26. The van der Waals surface area contributed by atoms with E-state index in [4.69, 9.17) is 14.2 Å². The van der Waals surface area contributed by atoms with E-state index in [9.17, 15) is 0 Å². The standard InChI is InChI=1S/C21H29N3O3/c1-2-26-21-16-18(17-22-23-19-6-4-3-5-7-19)8-9-20(21)27-15-12-24-10-13-25-14-11-24/h3-9,16,22-23H,2,10-15,17H2,1H3. The van der Waals surface area contributed by atoms with Gasteiger partial charge in [-0.1, -0.05) is 24.3 Å². The summed E-state index contributed by atoms with van der Waals surface area (Å²) in [6, 6.07) is 16.1. The molecule has 2 aromatic carbocycles. The first kappa shape index (κ1) is 19.5. The van der Waals surface area contributed by atoms with E-state index in [0.717, 1.165) is 55.6 Å². The van der Waals surface area contributed by atoms with E-state index < -0.39 is 0 Å². The Morgan fingerprint density at radius 2 is 1.81 bits per heavy atom. The minimum atomic E-state index is 0.610. The molecular weight excluding hydrogens is 342 g/mol. The van der Waals surface area contributed by atoms with Gasteiger partial charge in [0.25, 0.3) is 0 Å². The van der Waals surface area contributed by atoms with Gasteiger partial charge in [0.15, 0.2) is 11.5 Å². The van der Waals surface area contributed by atoms with Gasteiger partial charge in [0.1, 0.15) is 6.61 Å². The van der Waals surface area contributed by atoms with Crippen LogP contribution < -0.4 is 20.3 Å². The Balaban J connectivity index is 1.50. The molecule has 0 amide bonds. The number of rotatable bonds is 10. The molecule has 1 heterocycles. The van der Waals surface area contributed by atoms with Crippen molar-refractivity contribution < 1.29 is 14.2 Å². The average Bonchev–Trinajstić information content (AvgIpc) is 2.71. The fourth-order valence-electron chi connectivity index (χ4n) is 2.93. The molecule has 0 saturated carbocycles. The maximum atomic E-state index is 5.98. The third-order valence-corrected chi connectivity index (χ3v) is 4.38. The van der Waals surface area contributed by atoms with Crippen molar-refractivity contribution in [3.8, 4) is 11.5 Å². The molecule has 0 atom stereocenters. The number of hydrogen-bond acceptors (Lipinski definition) is 6. The number of nitrogens with zero attached hydrogens (tertiary/aromatic N) is 1. The zero-order valence-corrected chi connectivity index (χ0v) is 15.9. The fraction of sp³-hybridized carbons (Fsp3) is 0.429. The van der Waals surface area contributed by atoms with Crippen molar-refractivity contribution in [1.29, 1.82) is 0 Å². The molecule has 0 aromatic heterocycles. The molecule has 6 nitrogen and oxygen atoms in total. The van der Waals surface area contributed by atoms with Gasteiger partial charge in [0.05, 0.1) is 19.8 Å². The molecule has 2 N–H and O–H groups in total. The molecular formula is C21H29N3O3. The maximum Gasteiger partial charge on any atom is 0.161 e. The van der Waals surface area contributed by atoms with Crippen molar-refractivity contribution in [2.75, 3.05) is 51.5 Å². The van der Waals surface area contributed by atoms with Gasteiger partial charge in [0, 0.05) is 31.9 Å². The van der Waals surface area contributed by atoms with Crippen LogP contribution in [0.4, 0.5) is 5.69 Å². The number of anilines is 1. The summed E-state index contributed by atoms with van der Waals surface area (Å²) in [4.78, 5) is 2.36. The zero-order chi connectivity index (χ0) is 18.7. The summed E-state index contributed by atoms with van der Waals surface area (Å²) in [5.41, 5.74) is 8.58. The molecule has 1 aliphatic rings. The Morgan fingerprint density at radius 3 is 2.59 bits per heavy atom. The minimum absolute atomic E-state index is 0.610. The van der Waals surface area contributed by atoms with Gasteiger partial charge in [-0.05, 0) is 36.8 Å². The van der Waals surface area contributed by atoms with Gasteiger partial charge >= 0.3 is 0 Å². The average molecular weight is 371 g/mol. The van der Waals surface area contributed by atoms with Crippen molar-refractivity contribution in [2.45, 2.75) is 13.5 Å². The van der Waals surface area contributed by atoms with Crippen LogP contribution in [0.2, 0.25) is 0 Å². The zero-order valence-electron chi connectivity index (χ0n) is 15.9. The van der Waals surface area contributed by atoms with Crippen LogP contribution in [0.25, 0.3) is 0 Å². The van der Waals surface area contributed by atoms with Crippen molar-refractivity contribution in [3.63, 3.8) is 0 Å². The fourth-order valence-corrected chi connectivity index (χ4v) is 2.93. The molecule has 0 aliphatic carbocycles. The van der Waals surface area contributed by atoms with Crippen molar-refractivity contribution >= 4 is 5.69 Å². The van der Waals surface area contributed by atoms with Crippen molar-refractivity contribution in [1.82, 2.24) is 10.3 Å². The quantitative estimate of drug-likeness (QED) is 0.627. The van der Waals surface area contributed by atoms with Crippen LogP contribution in [-0.4, -0.2) is 51.0 Å². The van der Waals surface area contributed by atoms with Crippen LogP contribution in [-0.2, 0) is 11.3 Å². The molecule has 27 heavy (non-hydrogen) atoms. The smallest absolute Gasteiger partial charge is 0.161 e. The van der Waals surface area contributed by atoms with Crippen LogP contribution in [0.15, 0.2) is 48.5 Å². The van der Waals surface area contributed by atoms with Gasteiger partial charge in [0.2, 0.25) is 0 Å². The molecule has 1 aliphatic heterocycles. The number of nitrogens with one attached hydrogen (secondary N) is 2. The Morgan fingerprint density at radius 1 is 1.00 bits per heavy atom. The summed E-state index contributed by atoms with van der Waals surface area (Å²) in [5.74, 6) is 1.59. The molecule has 0 bridgehead atoms. The van der Waals surface area contributed by atoms with Crippen LogP contribution in [0.1, 0.15) is 12.5 Å². The van der Waals surface area contributed by atoms with E-state index >= 15 is 0 Å². The lowest BCUT2D eigenvalue weighted by Crippen LogP contribution is -2.38. The summed E-state index contributed by atoms with van der Waals surface area (Å²) in [6.45, 7) is 8.39. The lowest BCUT2D eigenvalue weighted by molar-refractivity contribution is 0.0321. The van der Waals surface area contributed by atoms with Gasteiger partial charge < -0.3 is 19.6 Å². The van der Waals surface area contributed by atoms with Crippen molar-refractivity contribution in [3.05, 3.63) is 54.1 Å². The topological polar surface area (TPSA) is 55.0 Å². The summed E-state index contributed by atoms with van der Waals surface area (Å²) < 4.78 is 17.1. The third kappa shape index (κ3) is 6.43. The number of hydrogen-bond donors (Lipinski definition) is 2. The van der Waals surface area contributed by atoms with E-state index in [-0.39, 0.29) is 0 Å². The number of ether oxygens (including phenoxy) is 3. The molecule has 2 aromatic rings. The van der Waals surface area contributed by atoms with E-state index in [1.165, 1.54) is 0 Å². The van der Waals surface area contributed by atoms with E-state index in [0.29, 0.717) is 19.8 Å². The van der Waals surface area contributed by atoms with E-state index in [2.05, 4.69) is 21.8 Å². The highest BCUT2D eigenvalue weighted by atomic mass is 16.5. The number of para-hydroxylation sites is 1. The SMILES string of the molecule is CCOc1cc(CNNc2ccccc2)ccc1OCCN1CCOCC1. The second-order valence-electron chi connectivity index (χ2n) is 6.36. The molecule has 1 saturated heterocycles. The monoisotopic (exact) mass is 371 g/mol. The second-order valence-corrected chi connectivity index (χ2v) is 6.36. The first-order valence-electron chi connectivity index (χ1n) is 9.57. The third-order valence-electron chi connectivity index (χ3n) is 4.38. The highest BCUT2D eigenvalue weighted by molar-refractivity contribution is 5.44. The van der Waals surface area contributed by atoms with Crippen molar-refractivity contribution in [2.24, 2.45) is 0 Å². The molecule has 0 unspecified atom stereocenters. The highest BCUT2D eigenvalue weighted by Crippen LogP contribution is 2.28. The molecule has 6 heteroatoms. The normalized spacial score (nSPS) is 14.7.